The molecule has 0 saturated carbocycles. The van der Waals surface area contributed by atoms with Crippen LogP contribution >= 0.6 is 0 Å². The molecule has 0 fully saturated rings. The Hall–Kier alpha value is -0.357. The second-order valence-electron chi connectivity index (χ2n) is 6.25. The fourth-order valence-corrected chi connectivity index (χ4v) is 1.47. The van der Waals surface area contributed by atoms with Crippen molar-refractivity contribution >= 4 is 0 Å². The van der Waals surface area contributed by atoms with Crippen molar-refractivity contribution < 1.29 is 24.6 Å². The second kappa shape index (κ2) is 7.29. The van der Waals surface area contributed by atoms with Crippen LogP contribution in [0.5, 0.6) is 5.75 Å². The number of benzene rings is 1. The number of rotatable bonds is 0. The van der Waals surface area contributed by atoms with E-state index in [2.05, 4.69) is 54.5 Å². The van der Waals surface area contributed by atoms with Gasteiger partial charge in [0.05, 0.1) is 0 Å². The van der Waals surface area contributed by atoms with Crippen molar-refractivity contribution in [3.05, 3.63) is 36.2 Å². The standard InChI is InChI=1S/C14H22O.C2H5.Zn/c1-13(2,3)10-7-11(14(4,5)6)9-12(15)8-10;1-2;/h7-9,15H,1-6H3;1H2,2H3;/p-1. The second-order valence-corrected chi connectivity index (χ2v) is 6.25. The minimum absolute atomic E-state index is 0. The molecular weight excluding hydrogens is 274 g/mol. The van der Waals surface area contributed by atoms with Gasteiger partial charge in [-0.15, -0.1) is 5.75 Å². The molecule has 1 rings (SSSR count). The predicted molar refractivity (Wildman–Crippen MR) is 74.3 cm³/mol. The third kappa shape index (κ3) is 6.00. The Morgan fingerprint density at radius 1 is 0.778 bits per heavy atom. The van der Waals surface area contributed by atoms with Crippen LogP contribution in [0.15, 0.2) is 18.2 Å². The zero-order valence-electron chi connectivity index (χ0n) is 13.1. The summed E-state index contributed by atoms with van der Waals surface area (Å²) >= 11 is 0. The summed E-state index contributed by atoms with van der Waals surface area (Å²) in [4.78, 5) is 0. The molecule has 0 N–H and O–H groups in total. The molecule has 18 heavy (non-hydrogen) atoms. The molecule has 0 heterocycles. The summed E-state index contributed by atoms with van der Waals surface area (Å²) in [7, 11) is 0. The van der Waals surface area contributed by atoms with Crippen LogP contribution in [0.4, 0.5) is 0 Å². The quantitative estimate of drug-likeness (QED) is 0.659. The molecule has 99 valence electrons. The maximum absolute atomic E-state index is 11.6. The Labute approximate surface area is 126 Å². The van der Waals surface area contributed by atoms with Crippen molar-refractivity contribution in [1.82, 2.24) is 0 Å². The van der Waals surface area contributed by atoms with Crippen molar-refractivity contribution in [2.45, 2.75) is 59.3 Å². The molecule has 0 unspecified atom stereocenters. The summed E-state index contributed by atoms with van der Waals surface area (Å²) in [6.07, 6.45) is 0. The third-order valence-corrected chi connectivity index (χ3v) is 2.64. The van der Waals surface area contributed by atoms with Crippen LogP contribution in [0.3, 0.4) is 0 Å². The molecule has 1 radical (unpaired) electrons. The molecule has 0 aliphatic rings. The molecule has 1 aromatic rings. The van der Waals surface area contributed by atoms with E-state index in [1.54, 1.807) is 19.1 Å². The van der Waals surface area contributed by atoms with E-state index in [1.807, 2.05) is 0 Å². The summed E-state index contributed by atoms with van der Waals surface area (Å²) in [5.41, 5.74) is 2.33. The van der Waals surface area contributed by atoms with E-state index in [1.165, 1.54) is 0 Å². The third-order valence-electron chi connectivity index (χ3n) is 2.64. The van der Waals surface area contributed by atoms with Crippen LogP contribution in [-0.2, 0) is 30.3 Å². The summed E-state index contributed by atoms with van der Waals surface area (Å²) in [5, 5.41) is 11.6. The molecular formula is C16H26OZn-. The zero-order chi connectivity index (χ0) is 13.9. The minimum Gasteiger partial charge on any atom is -0.872 e. The van der Waals surface area contributed by atoms with Crippen LogP contribution in [0, 0.1) is 6.92 Å². The van der Waals surface area contributed by atoms with Crippen molar-refractivity contribution in [2.24, 2.45) is 0 Å². The van der Waals surface area contributed by atoms with E-state index in [4.69, 9.17) is 0 Å². The van der Waals surface area contributed by atoms with E-state index < -0.39 is 0 Å². The van der Waals surface area contributed by atoms with Crippen molar-refractivity contribution in [2.75, 3.05) is 0 Å². The summed E-state index contributed by atoms with van der Waals surface area (Å²) in [6.45, 7) is 17.8. The first-order chi connectivity index (χ1) is 7.60. The largest absolute Gasteiger partial charge is 0.872 e. The van der Waals surface area contributed by atoms with Gasteiger partial charge in [-0.1, -0.05) is 73.6 Å². The molecule has 2 heteroatoms. The van der Waals surface area contributed by atoms with Gasteiger partial charge in [-0.2, -0.15) is 0 Å². The van der Waals surface area contributed by atoms with Gasteiger partial charge >= 0.3 is 0 Å². The van der Waals surface area contributed by atoms with E-state index in [-0.39, 0.29) is 36.1 Å². The van der Waals surface area contributed by atoms with Crippen LogP contribution in [0.25, 0.3) is 0 Å². The zero-order valence-corrected chi connectivity index (χ0v) is 16.0. The van der Waals surface area contributed by atoms with Gasteiger partial charge in [-0.25, -0.2) is 0 Å². The van der Waals surface area contributed by atoms with Crippen LogP contribution in [0.2, 0.25) is 0 Å². The van der Waals surface area contributed by atoms with Gasteiger partial charge < -0.3 is 5.11 Å². The van der Waals surface area contributed by atoms with Gasteiger partial charge in [0, 0.05) is 19.5 Å². The molecule has 0 aliphatic heterocycles. The van der Waals surface area contributed by atoms with Crippen molar-refractivity contribution in [3.8, 4) is 5.75 Å². The topological polar surface area (TPSA) is 23.1 Å². The monoisotopic (exact) mass is 298 g/mol. The van der Waals surface area contributed by atoms with Gasteiger partial charge in [-0.3, -0.25) is 0 Å². The van der Waals surface area contributed by atoms with Gasteiger partial charge in [-0.05, 0) is 22.0 Å². The molecule has 0 bridgehead atoms. The first-order valence-electron chi connectivity index (χ1n) is 6.14. The van der Waals surface area contributed by atoms with E-state index in [0.717, 1.165) is 11.1 Å². The normalized spacial score (nSPS) is 11.1. The van der Waals surface area contributed by atoms with Crippen molar-refractivity contribution in [1.29, 1.82) is 0 Å². The molecule has 0 saturated heterocycles. The van der Waals surface area contributed by atoms with Gasteiger partial charge in [0.1, 0.15) is 0 Å². The smallest absolute Gasteiger partial charge is 0 e. The summed E-state index contributed by atoms with van der Waals surface area (Å²) in [5.74, 6) is 0.118. The minimum atomic E-state index is 0. The van der Waals surface area contributed by atoms with Crippen LogP contribution in [0.1, 0.15) is 59.6 Å². The summed E-state index contributed by atoms with van der Waals surface area (Å²) in [6, 6.07) is 5.64. The number of hydrogen-bond donors (Lipinski definition) is 0. The SMILES string of the molecule is CC(C)(C)c1cc([O-])cc(C(C)(C)C)c1.[CH2]C.[Zn]. The molecule has 0 amide bonds. The molecule has 0 aromatic heterocycles. The Morgan fingerprint density at radius 3 is 1.28 bits per heavy atom. The molecule has 1 aromatic carbocycles. The summed E-state index contributed by atoms with van der Waals surface area (Å²) < 4.78 is 0. The average Bonchev–Trinajstić information content (AvgIpc) is 2.17. The fourth-order valence-electron chi connectivity index (χ4n) is 1.47. The maximum Gasteiger partial charge on any atom is 0 e. The predicted octanol–water partition coefficient (Wildman–Crippen LogP) is 4.19. The van der Waals surface area contributed by atoms with E-state index >= 15 is 0 Å². The molecule has 0 spiro atoms. The Morgan fingerprint density at radius 2 is 1.06 bits per heavy atom. The van der Waals surface area contributed by atoms with E-state index in [9.17, 15) is 5.11 Å². The molecule has 0 atom stereocenters. The average molecular weight is 300 g/mol. The van der Waals surface area contributed by atoms with Crippen LogP contribution in [-0.4, -0.2) is 0 Å². The van der Waals surface area contributed by atoms with Gasteiger partial charge in [0.25, 0.3) is 0 Å². The maximum atomic E-state index is 11.6. The van der Waals surface area contributed by atoms with Gasteiger partial charge in [0.2, 0.25) is 0 Å². The van der Waals surface area contributed by atoms with Crippen molar-refractivity contribution in [3.63, 3.8) is 0 Å². The van der Waals surface area contributed by atoms with Gasteiger partial charge in [0.15, 0.2) is 0 Å². The first-order valence-corrected chi connectivity index (χ1v) is 6.14. The molecule has 1 nitrogen and oxygen atoms in total. The Kier molecular flexibility index (Phi) is 8.08. The van der Waals surface area contributed by atoms with Crippen LogP contribution < -0.4 is 5.11 Å². The first kappa shape index (κ1) is 20.0. The molecule has 0 aliphatic carbocycles. The Balaban J connectivity index is 0. The van der Waals surface area contributed by atoms with E-state index in [0.29, 0.717) is 0 Å². The fraction of sp³-hybridized carbons (Fsp3) is 0.562. The number of hydrogen-bond acceptors (Lipinski definition) is 1. The Bertz CT molecular complexity index is 324.